The van der Waals surface area contributed by atoms with Gasteiger partial charge in [0.25, 0.3) is 0 Å². The van der Waals surface area contributed by atoms with E-state index in [4.69, 9.17) is 10.5 Å². The number of carbonyl (C=O) groups excluding carboxylic acids is 1. The summed E-state index contributed by atoms with van der Waals surface area (Å²) in [5.41, 5.74) is 5.02. The Kier molecular flexibility index (Phi) is 5.62. The number of hydrogen-bond acceptors (Lipinski definition) is 4. The minimum atomic E-state index is -3.31. The molecule has 0 aromatic rings. The lowest BCUT2D eigenvalue weighted by Crippen LogP contribution is -2.48. The zero-order valence-corrected chi connectivity index (χ0v) is 13.3. The average molecular weight is 318 g/mol. The van der Waals surface area contributed by atoms with Crippen LogP contribution in [0.25, 0.3) is 0 Å². The van der Waals surface area contributed by atoms with Gasteiger partial charge in [0.1, 0.15) is 0 Å². The SMILES string of the molecule is NC(=O)CCCCNS(=O)(=O)CC1CCCC2(CCC2)O1. The van der Waals surface area contributed by atoms with E-state index in [-0.39, 0.29) is 23.4 Å². The van der Waals surface area contributed by atoms with Gasteiger partial charge in [-0.25, -0.2) is 13.1 Å². The molecule has 1 atom stereocenters. The first-order valence-electron chi connectivity index (χ1n) is 7.84. The van der Waals surface area contributed by atoms with Crippen LogP contribution in [0.2, 0.25) is 0 Å². The predicted molar refractivity (Wildman–Crippen MR) is 80.1 cm³/mol. The number of primary amides is 1. The highest BCUT2D eigenvalue weighted by Crippen LogP contribution is 2.44. The molecule has 1 heterocycles. The second-order valence-corrected chi connectivity index (χ2v) is 8.12. The van der Waals surface area contributed by atoms with Crippen molar-refractivity contribution in [2.75, 3.05) is 12.3 Å². The first kappa shape index (κ1) is 16.7. The number of nitrogens with one attached hydrogen (secondary N) is 1. The van der Waals surface area contributed by atoms with Gasteiger partial charge in [0, 0.05) is 13.0 Å². The monoisotopic (exact) mass is 318 g/mol. The van der Waals surface area contributed by atoms with Crippen molar-refractivity contribution in [2.24, 2.45) is 5.73 Å². The van der Waals surface area contributed by atoms with Crippen molar-refractivity contribution in [1.29, 1.82) is 0 Å². The molecule has 1 saturated carbocycles. The van der Waals surface area contributed by atoms with Gasteiger partial charge in [-0.05, 0) is 51.4 Å². The van der Waals surface area contributed by atoms with Gasteiger partial charge >= 0.3 is 0 Å². The first-order chi connectivity index (χ1) is 9.91. The molecule has 1 aliphatic heterocycles. The Bertz CT molecular complexity index is 460. The van der Waals surface area contributed by atoms with Gasteiger partial charge in [-0.2, -0.15) is 0 Å². The number of rotatable bonds is 8. The van der Waals surface area contributed by atoms with Crippen molar-refractivity contribution in [3.63, 3.8) is 0 Å². The second-order valence-electron chi connectivity index (χ2n) is 6.27. The number of sulfonamides is 1. The van der Waals surface area contributed by atoms with Gasteiger partial charge in [-0.3, -0.25) is 4.79 Å². The van der Waals surface area contributed by atoms with E-state index < -0.39 is 10.0 Å². The van der Waals surface area contributed by atoms with Crippen LogP contribution in [-0.2, 0) is 19.6 Å². The molecule has 6 nitrogen and oxygen atoms in total. The molecule has 3 N–H and O–H groups in total. The summed E-state index contributed by atoms with van der Waals surface area (Å²) in [7, 11) is -3.31. The van der Waals surface area contributed by atoms with Crippen molar-refractivity contribution in [2.45, 2.75) is 69.5 Å². The topological polar surface area (TPSA) is 98.5 Å². The van der Waals surface area contributed by atoms with Gasteiger partial charge in [0.15, 0.2) is 0 Å². The van der Waals surface area contributed by atoms with Gasteiger partial charge < -0.3 is 10.5 Å². The average Bonchev–Trinajstić information content (AvgIpc) is 2.35. The third kappa shape index (κ3) is 5.23. The molecule has 0 aromatic carbocycles. The van der Waals surface area contributed by atoms with E-state index in [2.05, 4.69) is 4.72 Å². The molecular weight excluding hydrogens is 292 g/mol. The molecule has 0 aromatic heterocycles. The molecule has 2 rings (SSSR count). The van der Waals surface area contributed by atoms with Crippen molar-refractivity contribution in [3.05, 3.63) is 0 Å². The molecule has 0 bridgehead atoms. The minimum absolute atomic E-state index is 0.0140. The van der Waals surface area contributed by atoms with Crippen molar-refractivity contribution in [1.82, 2.24) is 4.72 Å². The van der Waals surface area contributed by atoms with Crippen LogP contribution in [0.4, 0.5) is 0 Å². The van der Waals surface area contributed by atoms with E-state index in [1.165, 1.54) is 6.42 Å². The van der Waals surface area contributed by atoms with Crippen LogP contribution in [0.15, 0.2) is 0 Å². The number of amides is 1. The van der Waals surface area contributed by atoms with E-state index in [0.29, 0.717) is 25.8 Å². The maximum atomic E-state index is 12.0. The molecule has 1 amide bonds. The molecule has 1 unspecified atom stereocenters. The number of carbonyl (C=O) groups is 1. The largest absolute Gasteiger partial charge is 0.371 e. The Labute approximate surface area is 126 Å². The lowest BCUT2D eigenvalue weighted by molar-refractivity contribution is -0.161. The van der Waals surface area contributed by atoms with E-state index in [0.717, 1.165) is 32.1 Å². The number of unbranched alkanes of at least 4 members (excludes halogenated alkanes) is 1. The van der Waals surface area contributed by atoms with Crippen LogP contribution in [-0.4, -0.2) is 38.3 Å². The maximum Gasteiger partial charge on any atom is 0.217 e. The molecule has 0 radical (unpaired) electrons. The second kappa shape index (κ2) is 7.07. The Hall–Kier alpha value is -0.660. The third-order valence-electron chi connectivity index (χ3n) is 4.42. The smallest absolute Gasteiger partial charge is 0.217 e. The highest BCUT2D eigenvalue weighted by atomic mass is 32.2. The molecule has 7 heteroatoms. The zero-order valence-electron chi connectivity index (χ0n) is 12.5. The lowest BCUT2D eigenvalue weighted by Gasteiger charge is -2.47. The molecule has 1 aliphatic carbocycles. The normalized spacial score (nSPS) is 24.7. The summed E-state index contributed by atoms with van der Waals surface area (Å²) in [5.74, 6) is -0.302. The number of nitrogens with two attached hydrogens (primary N) is 1. The summed E-state index contributed by atoms with van der Waals surface area (Å²) in [5, 5.41) is 0. The number of hydrogen-bond donors (Lipinski definition) is 2. The molecule has 122 valence electrons. The van der Waals surface area contributed by atoms with E-state index in [1.807, 2.05) is 0 Å². The zero-order chi connectivity index (χ0) is 15.3. The summed E-state index contributed by atoms with van der Waals surface area (Å²) < 4.78 is 32.7. The standard InChI is InChI=1S/C14H26N2O4S/c15-13(17)6-1-2-10-16-21(18,19)11-12-5-3-7-14(20-12)8-4-9-14/h12,16H,1-11H2,(H2,15,17). The van der Waals surface area contributed by atoms with E-state index in [1.54, 1.807) is 0 Å². The Morgan fingerprint density at radius 1 is 1.24 bits per heavy atom. The summed E-state index contributed by atoms with van der Waals surface area (Å²) >= 11 is 0. The van der Waals surface area contributed by atoms with Crippen molar-refractivity contribution < 1.29 is 17.9 Å². The Morgan fingerprint density at radius 2 is 1.95 bits per heavy atom. The van der Waals surface area contributed by atoms with Gasteiger partial charge in [0.05, 0.1) is 17.5 Å². The third-order valence-corrected chi connectivity index (χ3v) is 5.87. The fourth-order valence-electron chi connectivity index (χ4n) is 3.14. The molecule has 2 aliphatic rings. The van der Waals surface area contributed by atoms with Gasteiger partial charge in [-0.15, -0.1) is 0 Å². The van der Waals surface area contributed by atoms with Crippen LogP contribution < -0.4 is 10.5 Å². The highest BCUT2D eigenvalue weighted by molar-refractivity contribution is 7.89. The first-order valence-corrected chi connectivity index (χ1v) is 9.50. The van der Waals surface area contributed by atoms with Crippen LogP contribution in [0.3, 0.4) is 0 Å². The summed E-state index contributed by atoms with van der Waals surface area (Å²) in [6, 6.07) is 0. The Balaban J connectivity index is 1.69. The molecule has 21 heavy (non-hydrogen) atoms. The fraction of sp³-hybridized carbons (Fsp3) is 0.929. The summed E-state index contributed by atoms with van der Waals surface area (Å²) in [4.78, 5) is 10.6. The molecule has 1 spiro atoms. The number of ether oxygens (including phenoxy) is 1. The van der Waals surface area contributed by atoms with Crippen molar-refractivity contribution >= 4 is 15.9 Å². The van der Waals surface area contributed by atoms with E-state index >= 15 is 0 Å². The predicted octanol–water partition coefficient (Wildman–Crippen LogP) is 1.05. The minimum Gasteiger partial charge on any atom is -0.371 e. The molecule has 2 fully saturated rings. The fourth-order valence-corrected chi connectivity index (χ4v) is 4.43. The quantitative estimate of drug-likeness (QED) is 0.654. The van der Waals surface area contributed by atoms with Crippen LogP contribution in [0.5, 0.6) is 0 Å². The van der Waals surface area contributed by atoms with Crippen LogP contribution in [0, 0.1) is 0 Å². The summed E-state index contributed by atoms with van der Waals surface area (Å²) in [6.45, 7) is 0.355. The van der Waals surface area contributed by atoms with Crippen molar-refractivity contribution in [3.8, 4) is 0 Å². The molecule has 1 saturated heterocycles. The summed E-state index contributed by atoms with van der Waals surface area (Å²) in [6.07, 6.45) is 7.65. The van der Waals surface area contributed by atoms with Gasteiger partial charge in [-0.1, -0.05) is 0 Å². The van der Waals surface area contributed by atoms with Crippen LogP contribution in [0.1, 0.15) is 57.8 Å². The highest BCUT2D eigenvalue weighted by Gasteiger charge is 2.43. The van der Waals surface area contributed by atoms with Crippen LogP contribution >= 0.6 is 0 Å². The van der Waals surface area contributed by atoms with E-state index in [9.17, 15) is 13.2 Å². The maximum absolute atomic E-state index is 12.0. The molecular formula is C14H26N2O4S. The lowest BCUT2D eigenvalue weighted by atomic mass is 9.74. The van der Waals surface area contributed by atoms with Gasteiger partial charge in [0.2, 0.25) is 15.9 Å². The Morgan fingerprint density at radius 3 is 2.57 bits per heavy atom.